The molecule has 11 heteroatoms. The quantitative estimate of drug-likeness (QED) is 0.313. The number of alkyl halides is 3. The van der Waals surface area contributed by atoms with E-state index in [1.54, 1.807) is 24.3 Å². The molecule has 2 saturated carbocycles. The molecule has 0 atom stereocenters. The van der Waals surface area contributed by atoms with E-state index in [-0.39, 0.29) is 17.6 Å². The number of H-pyrrole nitrogens is 1. The summed E-state index contributed by atoms with van der Waals surface area (Å²) >= 11 is 0. The number of halogens is 3. The molecule has 1 amide bonds. The summed E-state index contributed by atoms with van der Waals surface area (Å²) in [6.07, 6.45) is 6.75. The smallest absolute Gasteiger partial charge is 0.406 e. The molecule has 1 heterocycles. The Morgan fingerprint density at radius 1 is 0.875 bits per heavy atom. The van der Waals surface area contributed by atoms with E-state index in [0.717, 1.165) is 35.8 Å². The lowest BCUT2D eigenvalue weighted by molar-refractivity contribution is -0.274. The van der Waals surface area contributed by atoms with E-state index in [0.29, 0.717) is 24.7 Å². The summed E-state index contributed by atoms with van der Waals surface area (Å²) in [4.78, 5) is 14.9. The van der Waals surface area contributed by atoms with E-state index in [2.05, 4.69) is 35.6 Å². The first-order valence-electron chi connectivity index (χ1n) is 14.0. The van der Waals surface area contributed by atoms with Crippen molar-refractivity contribution in [3.05, 3.63) is 65.2 Å². The van der Waals surface area contributed by atoms with E-state index < -0.39 is 6.36 Å². The fourth-order valence-electron chi connectivity index (χ4n) is 6.27. The Morgan fingerprint density at radius 2 is 1.48 bits per heavy atom. The Balaban J connectivity index is 1.26. The molecule has 1 aromatic heterocycles. The fraction of sp³-hybridized carbons (Fsp3) is 0.517. The number of hydrogen-bond donors (Lipinski definition) is 2. The van der Waals surface area contributed by atoms with E-state index >= 15 is 0 Å². The largest absolute Gasteiger partial charge is 0.573 e. The van der Waals surface area contributed by atoms with Crippen LogP contribution in [0, 0.1) is 11.8 Å². The zero-order valence-electron chi connectivity index (χ0n) is 22.4. The summed E-state index contributed by atoms with van der Waals surface area (Å²) in [5.41, 5.74) is 2.47. The summed E-state index contributed by atoms with van der Waals surface area (Å²) in [7, 11) is 0. The highest BCUT2D eigenvalue weighted by Gasteiger charge is 2.32. The van der Waals surface area contributed by atoms with Crippen LogP contribution in [0.2, 0.25) is 0 Å². The van der Waals surface area contributed by atoms with Crippen molar-refractivity contribution in [1.82, 2.24) is 25.5 Å². The minimum absolute atomic E-state index is 0.107. The van der Waals surface area contributed by atoms with Crippen LogP contribution in [0.15, 0.2) is 48.5 Å². The molecular formula is C29H35F3N6O2. The first kappa shape index (κ1) is 28.1. The lowest BCUT2D eigenvalue weighted by Crippen LogP contribution is -2.38. The van der Waals surface area contributed by atoms with Gasteiger partial charge in [0, 0.05) is 24.7 Å². The molecule has 2 fully saturated rings. The second kappa shape index (κ2) is 12.8. The van der Waals surface area contributed by atoms with Crippen LogP contribution in [-0.4, -0.2) is 43.8 Å². The van der Waals surface area contributed by atoms with Gasteiger partial charge >= 0.3 is 6.36 Å². The SMILES string of the molecule is O=C(Nc1nn[nH]n1)c1ccc(CN(Cc2ccc(OC(F)(F)F)cc2)C2CCC(C3CCCCC3)CC2)cc1. The van der Waals surface area contributed by atoms with Crippen LogP contribution >= 0.6 is 0 Å². The first-order chi connectivity index (χ1) is 19.3. The van der Waals surface area contributed by atoms with Crippen molar-refractivity contribution >= 4 is 11.9 Å². The average Bonchev–Trinajstić information content (AvgIpc) is 3.47. The fourth-order valence-corrected chi connectivity index (χ4v) is 6.27. The minimum Gasteiger partial charge on any atom is -0.406 e. The Labute approximate surface area is 231 Å². The van der Waals surface area contributed by atoms with Crippen molar-refractivity contribution in [1.29, 1.82) is 0 Å². The van der Waals surface area contributed by atoms with Gasteiger partial charge in [0.2, 0.25) is 0 Å². The Kier molecular flexibility index (Phi) is 8.98. The highest BCUT2D eigenvalue weighted by Crippen LogP contribution is 2.40. The van der Waals surface area contributed by atoms with Gasteiger partial charge in [-0.25, -0.2) is 0 Å². The standard InChI is InChI=1S/C29H35F3N6O2/c30-29(31,32)40-26-16-8-21(9-17-26)19-38(25-14-12-23(13-15-25)22-4-2-1-3-5-22)18-20-6-10-24(11-7-20)27(39)33-28-34-36-37-35-28/h6-11,16-17,22-23,25H,1-5,12-15,18-19H2,(H2,33,34,35,36,37,39). The molecule has 0 aliphatic heterocycles. The van der Waals surface area contributed by atoms with Crippen molar-refractivity contribution < 1.29 is 22.7 Å². The third-order valence-electron chi connectivity index (χ3n) is 8.29. The number of tetrazole rings is 1. The number of rotatable bonds is 9. The number of aromatic nitrogens is 4. The molecule has 40 heavy (non-hydrogen) atoms. The molecule has 0 spiro atoms. The number of carbonyl (C=O) groups is 1. The van der Waals surface area contributed by atoms with Gasteiger partial charge in [0.05, 0.1) is 0 Å². The zero-order chi connectivity index (χ0) is 28.0. The van der Waals surface area contributed by atoms with Crippen molar-refractivity contribution in [2.75, 3.05) is 5.32 Å². The van der Waals surface area contributed by atoms with Crippen molar-refractivity contribution in [2.45, 2.75) is 83.3 Å². The van der Waals surface area contributed by atoms with Gasteiger partial charge in [-0.05, 0) is 78.1 Å². The van der Waals surface area contributed by atoms with Gasteiger partial charge in [-0.3, -0.25) is 15.0 Å². The molecule has 5 rings (SSSR count). The highest BCUT2D eigenvalue weighted by atomic mass is 19.4. The van der Waals surface area contributed by atoms with E-state index in [1.807, 2.05) is 12.1 Å². The van der Waals surface area contributed by atoms with Crippen molar-refractivity contribution in [3.8, 4) is 5.75 Å². The maximum atomic E-state index is 12.6. The predicted octanol–water partition coefficient (Wildman–Crippen LogP) is 6.49. The van der Waals surface area contributed by atoms with Crippen LogP contribution in [0.1, 0.15) is 79.3 Å². The van der Waals surface area contributed by atoms with Gasteiger partial charge in [-0.1, -0.05) is 61.5 Å². The molecule has 0 bridgehead atoms. The summed E-state index contributed by atoms with van der Waals surface area (Å²) in [6, 6.07) is 13.9. The summed E-state index contributed by atoms with van der Waals surface area (Å²) in [6.45, 7) is 1.29. The number of nitrogens with one attached hydrogen (secondary N) is 2. The Bertz CT molecular complexity index is 1200. The van der Waals surface area contributed by atoms with Crippen LogP contribution in [0.5, 0.6) is 5.75 Å². The van der Waals surface area contributed by atoms with Gasteiger partial charge in [0.1, 0.15) is 5.75 Å². The van der Waals surface area contributed by atoms with E-state index in [9.17, 15) is 18.0 Å². The molecule has 2 aromatic carbocycles. The summed E-state index contributed by atoms with van der Waals surface area (Å²) in [5.74, 6) is 1.22. The molecule has 0 saturated heterocycles. The van der Waals surface area contributed by atoms with E-state index in [4.69, 9.17) is 0 Å². The molecular weight excluding hydrogens is 521 g/mol. The normalized spacial score (nSPS) is 20.4. The molecule has 2 aliphatic carbocycles. The topological polar surface area (TPSA) is 96.0 Å². The lowest BCUT2D eigenvalue weighted by Gasteiger charge is -2.40. The molecule has 2 N–H and O–H groups in total. The number of nitrogens with zero attached hydrogens (tertiary/aromatic N) is 4. The van der Waals surface area contributed by atoms with Crippen molar-refractivity contribution in [2.24, 2.45) is 11.8 Å². The van der Waals surface area contributed by atoms with Crippen LogP contribution in [0.3, 0.4) is 0 Å². The van der Waals surface area contributed by atoms with Gasteiger partial charge in [-0.15, -0.1) is 18.3 Å². The summed E-state index contributed by atoms with van der Waals surface area (Å²) < 4.78 is 41.9. The average molecular weight is 557 g/mol. The van der Waals surface area contributed by atoms with Gasteiger partial charge in [0.15, 0.2) is 0 Å². The van der Waals surface area contributed by atoms with Gasteiger partial charge < -0.3 is 4.74 Å². The zero-order valence-corrected chi connectivity index (χ0v) is 22.4. The van der Waals surface area contributed by atoms with Crippen molar-refractivity contribution in [3.63, 3.8) is 0 Å². The number of aromatic amines is 1. The third-order valence-corrected chi connectivity index (χ3v) is 8.29. The predicted molar refractivity (Wildman–Crippen MR) is 143 cm³/mol. The molecule has 3 aromatic rings. The molecule has 0 unspecified atom stereocenters. The highest BCUT2D eigenvalue weighted by molar-refractivity contribution is 6.03. The number of hydrogen-bond acceptors (Lipinski definition) is 6. The third kappa shape index (κ3) is 7.80. The molecule has 2 aliphatic rings. The number of ether oxygens (including phenoxy) is 1. The number of amides is 1. The van der Waals surface area contributed by atoms with Gasteiger partial charge in [0.25, 0.3) is 11.9 Å². The van der Waals surface area contributed by atoms with E-state index in [1.165, 1.54) is 57.1 Å². The molecule has 8 nitrogen and oxygen atoms in total. The Hall–Kier alpha value is -3.47. The van der Waals surface area contributed by atoms with Gasteiger partial charge in [-0.2, -0.15) is 5.21 Å². The van der Waals surface area contributed by atoms with Crippen LogP contribution in [0.4, 0.5) is 19.1 Å². The molecule has 0 radical (unpaired) electrons. The van der Waals surface area contributed by atoms with Crippen LogP contribution in [-0.2, 0) is 13.1 Å². The minimum atomic E-state index is -4.71. The number of benzene rings is 2. The monoisotopic (exact) mass is 556 g/mol. The second-order valence-electron chi connectivity index (χ2n) is 10.9. The lowest BCUT2D eigenvalue weighted by atomic mass is 9.72. The molecule has 214 valence electrons. The second-order valence-corrected chi connectivity index (χ2v) is 10.9. The number of anilines is 1. The Morgan fingerprint density at radius 3 is 2.05 bits per heavy atom. The first-order valence-corrected chi connectivity index (χ1v) is 14.0. The maximum Gasteiger partial charge on any atom is 0.573 e. The van der Waals surface area contributed by atoms with Crippen LogP contribution < -0.4 is 10.1 Å². The summed E-state index contributed by atoms with van der Waals surface area (Å²) in [5, 5.41) is 15.8. The maximum absolute atomic E-state index is 12.6. The van der Waals surface area contributed by atoms with Crippen LogP contribution in [0.25, 0.3) is 0 Å². The number of carbonyl (C=O) groups excluding carboxylic acids is 1.